The minimum atomic E-state index is -1.35. The second kappa shape index (κ2) is 6.43. The molecule has 0 radical (unpaired) electrons. The van der Waals surface area contributed by atoms with Crippen molar-refractivity contribution >= 4 is 5.97 Å². The molecule has 0 saturated heterocycles. The summed E-state index contributed by atoms with van der Waals surface area (Å²) in [6.45, 7) is 2.64. The van der Waals surface area contributed by atoms with Gasteiger partial charge >= 0.3 is 5.97 Å². The molecular weight excluding hydrogens is 276 g/mol. The van der Waals surface area contributed by atoms with Crippen LogP contribution in [0.4, 0.5) is 0 Å². The number of carboxylic acids is 1. The fourth-order valence-corrected chi connectivity index (χ4v) is 2.15. The number of phenolic OH excluding ortho intramolecular Hbond substituents is 1. The van der Waals surface area contributed by atoms with Crippen LogP contribution in [0.2, 0.25) is 0 Å². The van der Waals surface area contributed by atoms with Gasteiger partial charge < -0.3 is 25.5 Å². The normalized spacial score (nSPS) is 17.0. The van der Waals surface area contributed by atoms with E-state index in [0.29, 0.717) is 12.8 Å². The summed E-state index contributed by atoms with van der Waals surface area (Å²) in [6.07, 6.45) is 0.984. The van der Waals surface area contributed by atoms with Crippen LogP contribution in [-0.4, -0.2) is 43.7 Å². The second-order valence-corrected chi connectivity index (χ2v) is 5.82. The van der Waals surface area contributed by atoms with Crippen molar-refractivity contribution < 1.29 is 30.3 Å². The van der Waals surface area contributed by atoms with E-state index in [0.717, 1.165) is 6.07 Å². The largest absolute Gasteiger partial charge is 0.508 e. The van der Waals surface area contributed by atoms with Gasteiger partial charge in [-0.1, -0.05) is 6.07 Å². The van der Waals surface area contributed by atoms with Gasteiger partial charge in [-0.05, 0) is 45.2 Å². The van der Waals surface area contributed by atoms with E-state index in [1.54, 1.807) is 0 Å². The number of carboxylic acid groups (broad SMARTS) is 1. The predicted molar refractivity (Wildman–Crippen MR) is 76.2 cm³/mol. The van der Waals surface area contributed by atoms with Gasteiger partial charge in [0.25, 0.3) is 0 Å². The molecule has 1 rings (SSSR count). The third-order valence-electron chi connectivity index (χ3n) is 3.54. The first-order valence-corrected chi connectivity index (χ1v) is 6.71. The predicted octanol–water partition coefficient (Wildman–Crippen LogP) is 1.21. The average molecular weight is 298 g/mol. The summed E-state index contributed by atoms with van der Waals surface area (Å²) in [4.78, 5) is 10.8. The van der Waals surface area contributed by atoms with Gasteiger partial charge in [0.05, 0.1) is 23.4 Å². The Morgan fingerprint density at radius 3 is 2.29 bits per heavy atom. The zero-order valence-electron chi connectivity index (χ0n) is 12.2. The van der Waals surface area contributed by atoms with E-state index in [2.05, 4.69) is 0 Å². The maximum Gasteiger partial charge on any atom is 0.335 e. The number of hydrogen-bond acceptors (Lipinski definition) is 5. The highest BCUT2D eigenvalue weighted by molar-refractivity contribution is 5.88. The number of carbonyl (C=O) groups is 1. The molecule has 118 valence electrons. The molecule has 2 atom stereocenters. The van der Waals surface area contributed by atoms with Crippen LogP contribution in [-0.2, 0) is 5.60 Å². The molecule has 0 amide bonds. The van der Waals surface area contributed by atoms with Crippen molar-refractivity contribution in [3.05, 3.63) is 29.3 Å². The fraction of sp³-hybridized carbons (Fsp3) is 0.533. The molecule has 0 heterocycles. The first-order chi connectivity index (χ1) is 9.59. The summed E-state index contributed by atoms with van der Waals surface area (Å²) in [5.41, 5.74) is -2.38. The molecule has 21 heavy (non-hydrogen) atoms. The Morgan fingerprint density at radius 2 is 1.81 bits per heavy atom. The van der Waals surface area contributed by atoms with Gasteiger partial charge in [-0.15, -0.1) is 0 Å². The lowest BCUT2D eigenvalue weighted by atomic mass is 9.87. The highest BCUT2D eigenvalue weighted by Crippen LogP contribution is 2.34. The monoisotopic (exact) mass is 298 g/mol. The van der Waals surface area contributed by atoms with Crippen molar-refractivity contribution in [1.29, 1.82) is 0 Å². The van der Waals surface area contributed by atoms with Crippen LogP contribution in [0.25, 0.3) is 0 Å². The zero-order chi connectivity index (χ0) is 16.3. The second-order valence-electron chi connectivity index (χ2n) is 5.82. The van der Waals surface area contributed by atoms with Crippen molar-refractivity contribution in [2.24, 2.45) is 0 Å². The number of benzene rings is 1. The summed E-state index contributed by atoms with van der Waals surface area (Å²) in [5.74, 6) is -1.44. The number of aromatic hydroxyl groups is 1. The van der Waals surface area contributed by atoms with E-state index in [1.807, 2.05) is 0 Å². The minimum absolute atomic E-state index is 0.0599. The number of aliphatic hydroxyl groups excluding tert-OH is 1. The van der Waals surface area contributed by atoms with Crippen LogP contribution in [0.5, 0.6) is 5.75 Å². The van der Waals surface area contributed by atoms with E-state index in [-0.39, 0.29) is 29.9 Å². The van der Waals surface area contributed by atoms with Crippen LogP contribution in [0, 0.1) is 0 Å². The molecule has 0 fully saturated rings. The number of aliphatic hydroxyl groups is 3. The van der Waals surface area contributed by atoms with Gasteiger partial charge in [-0.3, -0.25) is 0 Å². The Labute approximate surface area is 123 Å². The fourth-order valence-electron chi connectivity index (χ4n) is 2.15. The smallest absolute Gasteiger partial charge is 0.335 e. The van der Waals surface area contributed by atoms with E-state index in [9.17, 15) is 20.1 Å². The molecular formula is C15H22O6. The van der Waals surface area contributed by atoms with E-state index in [1.165, 1.54) is 26.0 Å². The molecule has 0 aliphatic carbocycles. The SMILES string of the molecule is CC(O)(CO)CCC[C@](C)(O)c1ccc(C(=O)O)cc1O. The quantitative estimate of drug-likeness (QED) is 0.516. The molecule has 6 nitrogen and oxygen atoms in total. The summed E-state index contributed by atoms with van der Waals surface area (Å²) in [7, 11) is 0. The average Bonchev–Trinajstić information content (AvgIpc) is 2.37. The van der Waals surface area contributed by atoms with Crippen molar-refractivity contribution in [2.75, 3.05) is 6.61 Å². The number of phenols is 1. The maximum atomic E-state index is 10.8. The van der Waals surface area contributed by atoms with Gasteiger partial charge in [0.15, 0.2) is 0 Å². The Bertz CT molecular complexity index is 507. The van der Waals surface area contributed by atoms with Crippen molar-refractivity contribution in [2.45, 2.75) is 44.3 Å². The lowest BCUT2D eigenvalue weighted by Gasteiger charge is -2.27. The molecule has 6 heteroatoms. The Kier molecular flexibility index (Phi) is 5.33. The number of rotatable bonds is 7. The molecule has 0 spiro atoms. The lowest BCUT2D eigenvalue weighted by molar-refractivity contribution is -0.0164. The first kappa shape index (κ1) is 17.4. The summed E-state index contributed by atoms with van der Waals surface area (Å²) >= 11 is 0. The standard InChI is InChI=1S/C15H22O6/c1-14(20,9-16)6-3-7-15(2,21)11-5-4-10(13(18)19)8-12(11)17/h4-5,8,16-17,20-21H,3,6-7,9H2,1-2H3,(H,18,19)/t14?,15-/m0/s1. The maximum absolute atomic E-state index is 10.8. The Morgan fingerprint density at radius 1 is 1.19 bits per heavy atom. The van der Waals surface area contributed by atoms with Crippen LogP contribution in [0.1, 0.15) is 49.0 Å². The molecule has 0 saturated carbocycles. The Balaban J connectivity index is 2.81. The van der Waals surface area contributed by atoms with Crippen molar-refractivity contribution in [3.8, 4) is 5.75 Å². The van der Waals surface area contributed by atoms with Crippen LogP contribution in [0.3, 0.4) is 0 Å². The van der Waals surface area contributed by atoms with Crippen molar-refractivity contribution in [3.63, 3.8) is 0 Å². The zero-order valence-corrected chi connectivity index (χ0v) is 12.2. The topological polar surface area (TPSA) is 118 Å². The van der Waals surface area contributed by atoms with Gasteiger partial charge in [0, 0.05) is 5.56 Å². The highest BCUT2D eigenvalue weighted by Gasteiger charge is 2.28. The molecule has 1 aromatic carbocycles. The van der Waals surface area contributed by atoms with Crippen LogP contribution in [0.15, 0.2) is 18.2 Å². The van der Waals surface area contributed by atoms with Crippen LogP contribution >= 0.6 is 0 Å². The third-order valence-corrected chi connectivity index (χ3v) is 3.54. The van der Waals surface area contributed by atoms with E-state index < -0.39 is 17.2 Å². The molecule has 0 aromatic heterocycles. The summed E-state index contributed by atoms with van der Waals surface area (Å²) in [6, 6.07) is 3.79. The van der Waals surface area contributed by atoms with Gasteiger partial charge in [-0.25, -0.2) is 4.79 Å². The number of hydrogen-bond donors (Lipinski definition) is 5. The van der Waals surface area contributed by atoms with Crippen LogP contribution < -0.4 is 0 Å². The van der Waals surface area contributed by atoms with Gasteiger partial charge in [-0.2, -0.15) is 0 Å². The summed E-state index contributed by atoms with van der Waals surface area (Å²) < 4.78 is 0. The van der Waals surface area contributed by atoms with E-state index >= 15 is 0 Å². The molecule has 5 N–H and O–H groups in total. The van der Waals surface area contributed by atoms with Gasteiger partial charge in [0.1, 0.15) is 5.75 Å². The minimum Gasteiger partial charge on any atom is -0.508 e. The highest BCUT2D eigenvalue weighted by atomic mass is 16.4. The molecule has 1 aromatic rings. The van der Waals surface area contributed by atoms with Gasteiger partial charge in [0.2, 0.25) is 0 Å². The molecule has 0 aliphatic heterocycles. The molecule has 1 unspecified atom stereocenters. The summed E-state index contributed by atoms with van der Waals surface area (Å²) in [5, 5.41) is 47.8. The van der Waals surface area contributed by atoms with Crippen molar-refractivity contribution in [1.82, 2.24) is 0 Å². The van der Waals surface area contributed by atoms with E-state index in [4.69, 9.17) is 10.2 Å². The lowest BCUT2D eigenvalue weighted by Crippen LogP contribution is -2.30. The molecule has 0 bridgehead atoms. The molecule has 0 aliphatic rings. The third kappa shape index (κ3) is 4.70. The first-order valence-electron chi connectivity index (χ1n) is 6.71. The number of aromatic carboxylic acids is 1. The Hall–Kier alpha value is -1.63.